The van der Waals surface area contributed by atoms with E-state index in [0.717, 1.165) is 12.8 Å². The van der Waals surface area contributed by atoms with Crippen molar-refractivity contribution in [2.24, 2.45) is 11.7 Å². The number of nitrogens with one attached hydrogen (secondary N) is 1. The van der Waals surface area contributed by atoms with E-state index in [9.17, 15) is 23.5 Å². The fourth-order valence-electron chi connectivity index (χ4n) is 6.48. The number of pyridine rings is 1. The molecule has 4 heterocycles. The number of rotatable bonds is 9. The SMILES string of the molecule is COc1cc(C(=O)NCC(O)(c2nc(-c3ccc4c(c3)OC(F)(F)O4)c3c(c2F)[C@@](C)(C(N)=O)CO3)C2CC2)cc2cn(C3CC3)nc12. The first-order chi connectivity index (χ1) is 22.8. The van der Waals surface area contributed by atoms with Crippen LogP contribution in [0.15, 0.2) is 36.5 Å². The normalized spacial score (nSPS) is 21.8. The van der Waals surface area contributed by atoms with Gasteiger partial charge in [0.15, 0.2) is 23.1 Å². The summed E-state index contributed by atoms with van der Waals surface area (Å²) in [6, 6.07) is 7.37. The minimum Gasteiger partial charge on any atom is -0.494 e. The molecule has 8 rings (SSSR count). The number of aromatic nitrogens is 3. The Morgan fingerprint density at radius 1 is 1.17 bits per heavy atom. The number of carbonyl (C=O) groups is 2. The van der Waals surface area contributed by atoms with Gasteiger partial charge in [0.05, 0.1) is 25.3 Å². The van der Waals surface area contributed by atoms with Gasteiger partial charge in [-0.25, -0.2) is 9.37 Å². The molecule has 2 aromatic heterocycles. The van der Waals surface area contributed by atoms with Gasteiger partial charge in [0.25, 0.3) is 5.91 Å². The van der Waals surface area contributed by atoms with E-state index in [4.69, 9.17) is 15.2 Å². The molecule has 0 bridgehead atoms. The van der Waals surface area contributed by atoms with Crippen LogP contribution in [0.2, 0.25) is 0 Å². The standard InChI is InChI=1S/C33H30F3N5O7/c1-31(30(37)43)14-46-27-23(31)24(34)28(39-26(27)15-3-8-20-21(10-15)48-33(35,36)47-20)32(44,18-4-5-18)13-38-29(42)16-9-17-12-41(19-6-7-19)40-25(17)22(11-16)45-2/h3,8-12,18-19,44H,4-7,13-14H2,1-2H3,(H2,37,43)(H,38,42)/t31-,32?/m0/s1. The largest absolute Gasteiger partial charge is 0.586 e. The number of ether oxygens (including phenoxy) is 4. The van der Waals surface area contributed by atoms with Crippen molar-refractivity contribution in [3.05, 3.63) is 59.2 Å². The van der Waals surface area contributed by atoms with Crippen molar-refractivity contribution in [2.45, 2.75) is 56.0 Å². The molecular weight excluding hydrogens is 635 g/mol. The lowest BCUT2D eigenvalue weighted by atomic mass is 9.80. The number of nitrogens with two attached hydrogens (primary N) is 1. The highest BCUT2D eigenvalue weighted by molar-refractivity contribution is 6.00. The number of hydrogen-bond acceptors (Lipinski definition) is 9. The second-order valence-corrected chi connectivity index (χ2v) is 13.0. The summed E-state index contributed by atoms with van der Waals surface area (Å²) >= 11 is 0. The molecule has 4 aliphatic rings. The van der Waals surface area contributed by atoms with E-state index in [0.29, 0.717) is 35.5 Å². The van der Waals surface area contributed by atoms with E-state index in [2.05, 4.69) is 24.9 Å². The van der Waals surface area contributed by atoms with Gasteiger partial charge in [-0.3, -0.25) is 14.3 Å². The Kier molecular flexibility index (Phi) is 6.45. The molecular formula is C33H30F3N5O7. The van der Waals surface area contributed by atoms with Gasteiger partial charge in [-0.15, -0.1) is 8.78 Å². The van der Waals surface area contributed by atoms with Gasteiger partial charge < -0.3 is 35.1 Å². The lowest BCUT2D eigenvalue weighted by Gasteiger charge is -2.30. The zero-order valence-electron chi connectivity index (χ0n) is 25.8. The van der Waals surface area contributed by atoms with E-state index in [1.807, 2.05) is 10.9 Å². The molecule has 15 heteroatoms. The Bertz CT molecular complexity index is 2050. The third kappa shape index (κ3) is 4.70. The van der Waals surface area contributed by atoms with Crippen LogP contribution in [-0.4, -0.2) is 58.2 Å². The van der Waals surface area contributed by atoms with Crippen LogP contribution in [0.3, 0.4) is 0 Å². The third-order valence-corrected chi connectivity index (χ3v) is 9.54. The number of amides is 2. The van der Waals surface area contributed by atoms with Crippen LogP contribution >= 0.6 is 0 Å². The highest BCUT2D eigenvalue weighted by Gasteiger charge is 2.53. The maximum atomic E-state index is 16.7. The van der Waals surface area contributed by atoms with Crippen LogP contribution in [0.1, 0.15) is 60.3 Å². The monoisotopic (exact) mass is 665 g/mol. The minimum absolute atomic E-state index is 0.0405. The van der Waals surface area contributed by atoms with Crippen LogP contribution in [-0.2, 0) is 15.8 Å². The first-order valence-corrected chi connectivity index (χ1v) is 15.5. The highest BCUT2D eigenvalue weighted by atomic mass is 19.3. The summed E-state index contributed by atoms with van der Waals surface area (Å²) in [5.74, 6) is -3.21. The molecule has 2 atom stereocenters. The molecule has 48 heavy (non-hydrogen) atoms. The predicted molar refractivity (Wildman–Crippen MR) is 161 cm³/mol. The van der Waals surface area contributed by atoms with Crippen LogP contribution < -0.4 is 30.0 Å². The van der Waals surface area contributed by atoms with E-state index in [1.165, 1.54) is 32.2 Å². The van der Waals surface area contributed by atoms with Gasteiger partial charge in [-0.2, -0.15) is 5.10 Å². The highest BCUT2D eigenvalue weighted by Crippen LogP contribution is 2.52. The molecule has 0 spiro atoms. The van der Waals surface area contributed by atoms with Crippen LogP contribution in [0.5, 0.6) is 23.0 Å². The molecule has 12 nitrogen and oxygen atoms in total. The molecule has 4 N–H and O–H groups in total. The molecule has 2 aromatic carbocycles. The summed E-state index contributed by atoms with van der Waals surface area (Å²) in [5, 5.41) is 20.3. The number of methoxy groups -OCH3 is 1. The molecule has 2 aliphatic carbocycles. The van der Waals surface area contributed by atoms with Crippen LogP contribution in [0.25, 0.3) is 22.2 Å². The number of nitrogens with zero attached hydrogens (tertiary/aromatic N) is 3. The summed E-state index contributed by atoms with van der Waals surface area (Å²) in [5.41, 5.74) is 2.32. The number of hydrogen-bond donors (Lipinski definition) is 3. The van der Waals surface area contributed by atoms with Gasteiger partial charge >= 0.3 is 6.29 Å². The van der Waals surface area contributed by atoms with Gasteiger partial charge in [0, 0.05) is 22.7 Å². The number of alkyl halides is 2. The fourth-order valence-corrected chi connectivity index (χ4v) is 6.48. The first kappa shape index (κ1) is 30.3. The molecule has 1 unspecified atom stereocenters. The molecule has 2 aliphatic heterocycles. The topological polar surface area (TPSA) is 160 Å². The molecule has 2 saturated carbocycles. The second-order valence-electron chi connectivity index (χ2n) is 13.0. The van der Waals surface area contributed by atoms with Gasteiger partial charge in [-0.1, -0.05) is 0 Å². The predicted octanol–water partition coefficient (Wildman–Crippen LogP) is 4.07. The molecule has 2 amide bonds. The Labute approximate surface area is 270 Å². The second kappa shape index (κ2) is 10.2. The van der Waals surface area contributed by atoms with Gasteiger partial charge in [0.2, 0.25) is 5.91 Å². The molecule has 4 aromatic rings. The number of halogens is 3. The van der Waals surface area contributed by atoms with Crippen LogP contribution in [0.4, 0.5) is 13.2 Å². The Morgan fingerprint density at radius 3 is 2.60 bits per heavy atom. The number of benzene rings is 2. The summed E-state index contributed by atoms with van der Waals surface area (Å²) in [7, 11) is 1.48. The minimum atomic E-state index is -3.89. The van der Waals surface area contributed by atoms with Crippen LogP contribution in [0, 0.1) is 11.7 Å². The maximum Gasteiger partial charge on any atom is 0.586 e. The number of primary amides is 1. The smallest absolute Gasteiger partial charge is 0.494 e. The van der Waals surface area contributed by atoms with Gasteiger partial charge in [-0.05, 0) is 68.9 Å². The fraction of sp³-hybridized carbons (Fsp3) is 0.394. The summed E-state index contributed by atoms with van der Waals surface area (Å²) in [6.07, 6.45) is 1.02. The van der Waals surface area contributed by atoms with Crippen molar-refractivity contribution in [1.29, 1.82) is 0 Å². The lowest BCUT2D eigenvalue weighted by molar-refractivity contribution is -0.286. The number of fused-ring (bicyclic) bond motifs is 3. The summed E-state index contributed by atoms with van der Waals surface area (Å²) < 4.78 is 66.6. The van der Waals surface area contributed by atoms with E-state index in [1.54, 1.807) is 12.1 Å². The zero-order chi connectivity index (χ0) is 33.7. The van der Waals surface area contributed by atoms with E-state index < -0.39 is 53.1 Å². The van der Waals surface area contributed by atoms with E-state index in [-0.39, 0.29) is 46.2 Å². The zero-order valence-corrected chi connectivity index (χ0v) is 25.8. The van der Waals surface area contributed by atoms with Crippen molar-refractivity contribution in [2.75, 3.05) is 20.3 Å². The molecule has 2 fully saturated rings. The first-order valence-electron chi connectivity index (χ1n) is 15.5. The number of carbonyl (C=O) groups excluding carboxylic acids is 2. The summed E-state index contributed by atoms with van der Waals surface area (Å²) in [4.78, 5) is 30.7. The van der Waals surface area contributed by atoms with Crippen molar-refractivity contribution in [3.63, 3.8) is 0 Å². The molecule has 0 radical (unpaired) electrons. The van der Waals surface area contributed by atoms with Gasteiger partial charge in [0.1, 0.15) is 40.3 Å². The Hall–Kier alpha value is -5.05. The average Bonchev–Trinajstić information content (AvgIpc) is 3.98. The van der Waals surface area contributed by atoms with Crippen molar-refractivity contribution in [1.82, 2.24) is 20.1 Å². The molecule has 250 valence electrons. The van der Waals surface area contributed by atoms with E-state index >= 15 is 4.39 Å². The quantitative estimate of drug-likeness (QED) is 0.240. The lowest BCUT2D eigenvalue weighted by Crippen LogP contribution is -2.45. The maximum absolute atomic E-state index is 16.7. The molecule has 0 saturated heterocycles. The number of aliphatic hydroxyl groups is 1. The Balaban J connectivity index is 1.19. The average molecular weight is 666 g/mol. The third-order valence-electron chi connectivity index (χ3n) is 9.54. The summed E-state index contributed by atoms with van der Waals surface area (Å²) in [6.45, 7) is 0.641. The van der Waals surface area contributed by atoms with Crippen molar-refractivity contribution < 1.29 is 46.8 Å². The Morgan fingerprint density at radius 2 is 1.92 bits per heavy atom. The van der Waals surface area contributed by atoms with Crippen molar-refractivity contribution in [3.8, 4) is 34.3 Å². The van der Waals surface area contributed by atoms with Crippen molar-refractivity contribution >= 4 is 22.7 Å².